The maximum atomic E-state index is 3.04. The summed E-state index contributed by atoms with van der Waals surface area (Å²) in [5.41, 5.74) is 1.24. The van der Waals surface area contributed by atoms with Crippen LogP contribution in [0.5, 0.6) is 0 Å². The van der Waals surface area contributed by atoms with E-state index in [2.05, 4.69) is 5.38 Å². The molecule has 6 heavy (non-hydrogen) atoms. The number of thiophene rings is 1. The molecule has 1 heterocycles. The van der Waals surface area contributed by atoms with Gasteiger partial charge in [-0.3, -0.25) is 0 Å². The lowest BCUT2D eigenvalue weighted by Gasteiger charge is -1.64. The van der Waals surface area contributed by atoms with Gasteiger partial charge in [-0.1, -0.05) is 0 Å². The van der Waals surface area contributed by atoms with E-state index in [1.807, 2.05) is 18.4 Å². The number of hydrogen-bond donors (Lipinski definition) is 0. The second kappa shape index (κ2) is 1.43. The van der Waals surface area contributed by atoms with Gasteiger partial charge in [0.1, 0.15) is 0 Å². The summed E-state index contributed by atoms with van der Waals surface area (Å²) < 4.78 is 0. The average molecular weight is 97.2 g/mol. The fourth-order valence-corrected chi connectivity index (χ4v) is 0.891. The zero-order chi connectivity index (χ0) is 4.41. The van der Waals surface area contributed by atoms with Crippen molar-refractivity contribution in [3.63, 3.8) is 0 Å². The van der Waals surface area contributed by atoms with Crippen LogP contribution in [0.3, 0.4) is 0 Å². The molecule has 1 radical (unpaired) electrons. The fourth-order valence-electron chi connectivity index (χ4n) is 0.297. The van der Waals surface area contributed by atoms with Gasteiger partial charge in [-0.15, -0.1) is 11.3 Å². The highest BCUT2D eigenvalue weighted by molar-refractivity contribution is 7.07. The van der Waals surface area contributed by atoms with Crippen LogP contribution in [0, 0.1) is 12.3 Å². The van der Waals surface area contributed by atoms with Crippen LogP contribution in [0.15, 0.2) is 11.4 Å². The molecule has 1 heteroatoms. The van der Waals surface area contributed by atoms with Gasteiger partial charge in [0.25, 0.3) is 0 Å². The molecule has 0 aromatic carbocycles. The molecule has 0 fully saturated rings. The summed E-state index contributed by atoms with van der Waals surface area (Å²) in [5.74, 6) is 0. The van der Waals surface area contributed by atoms with Crippen molar-refractivity contribution in [1.82, 2.24) is 0 Å². The molecular weight excluding hydrogens is 92.1 g/mol. The zero-order valence-electron chi connectivity index (χ0n) is 3.56. The smallest absolute Gasteiger partial charge is 0.0474 e. The van der Waals surface area contributed by atoms with Crippen LogP contribution in [0.25, 0.3) is 0 Å². The van der Waals surface area contributed by atoms with Gasteiger partial charge in [0.2, 0.25) is 0 Å². The minimum absolute atomic E-state index is 1.24. The molecule has 0 saturated heterocycles. The molecule has 0 aliphatic rings. The van der Waals surface area contributed by atoms with Crippen molar-refractivity contribution in [1.29, 1.82) is 0 Å². The van der Waals surface area contributed by atoms with Crippen LogP contribution in [0.4, 0.5) is 0 Å². The standard InChI is InChI=1S/C5H5S/c1-5-2-3-6-4-5/h2-3H,1H3. The number of aryl methyl sites for hydroxylation is 1. The fraction of sp³-hybridized carbons (Fsp3) is 0.200. The van der Waals surface area contributed by atoms with Crippen LogP contribution in [0.1, 0.15) is 5.56 Å². The first kappa shape index (κ1) is 3.88. The first-order valence-electron chi connectivity index (χ1n) is 1.81. The maximum absolute atomic E-state index is 3.04. The van der Waals surface area contributed by atoms with Crippen molar-refractivity contribution in [2.75, 3.05) is 0 Å². The van der Waals surface area contributed by atoms with Crippen molar-refractivity contribution >= 4 is 11.3 Å². The van der Waals surface area contributed by atoms with E-state index in [0.717, 1.165) is 0 Å². The second-order valence-electron chi connectivity index (χ2n) is 1.21. The average Bonchev–Trinajstić information content (AvgIpc) is 1.86. The van der Waals surface area contributed by atoms with Gasteiger partial charge >= 0.3 is 0 Å². The van der Waals surface area contributed by atoms with Crippen LogP contribution < -0.4 is 0 Å². The lowest BCUT2D eigenvalue weighted by molar-refractivity contribution is 1.55. The number of hydrogen-bond acceptors (Lipinski definition) is 1. The number of rotatable bonds is 0. The molecular formula is C5H5S. The molecule has 0 spiro atoms. The van der Waals surface area contributed by atoms with Crippen LogP contribution >= 0.6 is 11.3 Å². The van der Waals surface area contributed by atoms with Crippen molar-refractivity contribution in [3.05, 3.63) is 22.4 Å². The van der Waals surface area contributed by atoms with E-state index in [9.17, 15) is 0 Å². The molecule has 0 unspecified atom stereocenters. The van der Waals surface area contributed by atoms with Gasteiger partial charge in [-0.25, -0.2) is 0 Å². The first-order valence-corrected chi connectivity index (χ1v) is 2.69. The Labute approximate surface area is 41.4 Å². The monoisotopic (exact) mass is 97.0 g/mol. The molecule has 0 aliphatic carbocycles. The quantitative estimate of drug-likeness (QED) is 0.463. The van der Waals surface area contributed by atoms with E-state index in [-0.39, 0.29) is 0 Å². The summed E-state index contributed by atoms with van der Waals surface area (Å²) in [4.78, 5) is 0. The molecule has 1 aromatic rings. The molecule has 0 aliphatic heterocycles. The highest BCUT2D eigenvalue weighted by atomic mass is 32.1. The van der Waals surface area contributed by atoms with Crippen LogP contribution in [0.2, 0.25) is 0 Å². The molecule has 1 aromatic heterocycles. The van der Waals surface area contributed by atoms with Gasteiger partial charge in [0.05, 0.1) is 0 Å². The van der Waals surface area contributed by atoms with Crippen molar-refractivity contribution in [2.24, 2.45) is 0 Å². The van der Waals surface area contributed by atoms with Gasteiger partial charge < -0.3 is 0 Å². The summed E-state index contributed by atoms with van der Waals surface area (Å²) in [6, 6.07) is 2.05. The molecule has 31 valence electrons. The molecule has 0 nitrogen and oxygen atoms in total. The topological polar surface area (TPSA) is 0 Å². The van der Waals surface area contributed by atoms with Gasteiger partial charge in [-0.05, 0) is 23.9 Å². The molecule has 0 bridgehead atoms. The summed E-state index contributed by atoms with van der Waals surface area (Å²) in [6.07, 6.45) is 0. The minimum atomic E-state index is 1.24. The maximum Gasteiger partial charge on any atom is 0.0474 e. The Hall–Kier alpha value is -0.300. The van der Waals surface area contributed by atoms with E-state index < -0.39 is 0 Å². The van der Waals surface area contributed by atoms with Crippen LogP contribution in [-0.4, -0.2) is 0 Å². The Balaban J connectivity index is 3.05. The largest absolute Gasteiger partial charge is 0.143 e. The molecule has 0 N–H and O–H groups in total. The van der Waals surface area contributed by atoms with E-state index in [1.165, 1.54) is 5.56 Å². The predicted molar refractivity (Wildman–Crippen MR) is 27.9 cm³/mol. The van der Waals surface area contributed by atoms with Crippen molar-refractivity contribution < 1.29 is 0 Å². The third kappa shape index (κ3) is 0.601. The van der Waals surface area contributed by atoms with E-state index in [4.69, 9.17) is 0 Å². The Morgan fingerprint density at radius 1 is 1.83 bits per heavy atom. The lowest BCUT2D eigenvalue weighted by Crippen LogP contribution is -1.49. The van der Waals surface area contributed by atoms with Gasteiger partial charge in [-0.2, -0.15) is 0 Å². The highest BCUT2D eigenvalue weighted by Gasteiger charge is 1.75. The van der Waals surface area contributed by atoms with Gasteiger partial charge in [0.15, 0.2) is 0 Å². The third-order valence-electron chi connectivity index (χ3n) is 0.606. The first-order chi connectivity index (χ1) is 2.89. The Morgan fingerprint density at radius 3 is 2.83 bits per heavy atom. The molecule has 0 amide bonds. The van der Waals surface area contributed by atoms with E-state index in [0.29, 0.717) is 0 Å². The second-order valence-corrected chi connectivity index (χ2v) is 1.92. The normalized spacial score (nSPS) is 8.83. The summed E-state index contributed by atoms with van der Waals surface area (Å²) in [5, 5.41) is 5.06. The third-order valence-corrected chi connectivity index (χ3v) is 1.32. The van der Waals surface area contributed by atoms with E-state index >= 15 is 0 Å². The predicted octanol–water partition coefficient (Wildman–Crippen LogP) is 1.86. The Morgan fingerprint density at radius 2 is 2.67 bits per heavy atom. The van der Waals surface area contributed by atoms with Gasteiger partial charge in [0, 0.05) is 5.38 Å². The van der Waals surface area contributed by atoms with E-state index in [1.54, 1.807) is 11.3 Å². The lowest BCUT2D eigenvalue weighted by atomic mass is 10.4. The molecule has 1 rings (SSSR count). The molecule has 0 saturated carbocycles. The van der Waals surface area contributed by atoms with Crippen LogP contribution in [-0.2, 0) is 0 Å². The zero-order valence-corrected chi connectivity index (χ0v) is 4.38. The van der Waals surface area contributed by atoms with Crippen molar-refractivity contribution in [2.45, 2.75) is 6.92 Å². The Bertz CT molecular complexity index is 107. The summed E-state index contributed by atoms with van der Waals surface area (Å²) in [6.45, 7) is 2.04. The SMILES string of the molecule is Cc1[c]scc1. The highest BCUT2D eigenvalue weighted by Crippen LogP contribution is 2.00. The molecule has 0 atom stereocenters. The summed E-state index contributed by atoms with van der Waals surface area (Å²) >= 11 is 1.61. The minimum Gasteiger partial charge on any atom is -0.143 e. The van der Waals surface area contributed by atoms with Crippen molar-refractivity contribution in [3.8, 4) is 0 Å². The summed E-state index contributed by atoms with van der Waals surface area (Å²) in [7, 11) is 0. The Kier molecular flexibility index (Phi) is 0.926.